The third-order valence-electron chi connectivity index (χ3n) is 3.26. The fraction of sp³-hybridized carbons (Fsp3) is 0.267. The van der Waals surface area contributed by atoms with E-state index in [0.29, 0.717) is 0 Å². The van der Waals surface area contributed by atoms with E-state index in [9.17, 15) is 0 Å². The van der Waals surface area contributed by atoms with Gasteiger partial charge in [0, 0.05) is 23.5 Å². The second kappa shape index (κ2) is 4.94. The first kappa shape index (κ1) is 11.5. The summed E-state index contributed by atoms with van der Waals surface area (Å²) in [7, 11) is 0. The molecule has 3 heterocycles. The Labute approximate surface area is 111 Å². The van der Waals surface area contributed by atoms with E-state index in [4.69, 9.17) is 0 Å². The standard InChI is InChI=1S/C15H16N2S/c1-2-12-10-13(18-11-12)5-6-14-15-4-3-8-17(15)9-7-16-14/h3-4,7-11H,2,5-6H2,1H3. The van der Waals surface area contributed by atoms with Crippen molar-refractivity contribution in [1.29, 1.82) is 0 Å². The van der Waals surface area contributed by atoms with Crippen molar-refractivity contribution >= 4 is 16.9 Å². The second-order valence-corrected chi connectivity index (χ2v) is 5.45. The zero-order chi connectivity index (χ0) is 12.4. The summed E-state index contributed by atoms with van der Waals surface area (Å²) in [5, 5.41) is 2.26. The van der Waals surface area contributed by atoms with Gasteiger partial charge in [-0.2, -0.15) is 0 Å². The summed E-state index contributed by atoms with van der Waals surface area (Å²) in [4.78, 5) is 5.97. The van der Waals surface area contributed by atoms with Gasteiger partial charge in [0.05, 0.1) is 11.2 Å². The van der Waals surface area contributed by atoms with Gasteiger partial charge in [-0.3, -0.25) is 4.98 Å². The Balaban J connectivity index is 1.78. The molecule has 0 saturated carbocycles. The van der Waals surface area contributed by atoms with Crippen LogP contribution in [0, 0.1) is 0 Å². The number of rotatable bonds is 4. The van der Waals surface area contributed by atoms with Crippen molar-refractivity contribution in [2.75, 3.05) is 0 Å². The summed E-state index contributed by atoms with van der Waals surface area (Å²) in [6.07, 6.45) is 9.18. The highest BCUT2D eigenvalue weighted by Gasteiger charge is 2.04. The zero-order valence-corrected chi connectivity index (χ0v) is 11.3. The lowest BCUT2D eigenvalue weighted by atomic mass is 10.1. The highest BCUT2D eigenvalue weighted by Crippen LogP contribution is 2.18. The molecular formula is C15H16N2S. The van der Waals surface area contributed by atoms with Gasteiger partial charge in [-0.05, 0) is 48.4 Å². The Morgan fingerprint density at radius 1 is 1.28 bits per heavy atom. The molecule has 3 rings (SSSR count). The number of nitrogens with zero attached hydrogens (tertiary/aromatic N) is 2. The molecule has 0 N–H and O–H groups in total. The molecule has 0 atom stereocenters. The van der Waals surface area contributed by atoms with Crippen LogP contribution in [-0.2, 0) is 19.3 Å². The van der Waals surface area contributed by atoms with Crippen LogP contribution < -0.4 is 0 Å². The fourth-order valence-electron chi connectivity index (χ4n) is 2.21. The van der Waals surface area contributed by atoms with Crippen LogP contribution in [0.15, 0.2) is 42.2 Å². The number of hydrogen-bond acceptors (Lipinski definition) is 2. The van der Waals surface area contributed by atoms with E-state index in [2.05, 4.69) is 46.1 Å². The molecule has 3 aromatic heterocycles. The lowest BCUT2D eigenvalue weighted by Crippen LogP contribution is -1.96. The SMILES string of the molecule is CCc1csc(CCc2nccn3cccc23)c1. The van der Waals surface area contributed by atoms with Crippen molar-refractivity contribution in [2.45, 2.75) is 26.2 Å². The third-order valence-corrected chi connectivity index (χ3v) is 4.30. The van der Waals surface area contributed by atoms with Crippen LogP contribution in [0.2, 0.25) is 0 Å². The summed E-state index contributed by atoms with van der Waals surface area (Å²) in [5.41, 5.74) is 3.86. The molecule has 18 heavy (non-hydrogen) atoms. The molecule has 0 radical (unpaired) electrons. The molecule has 0 bridgehead atoms. The molecule has 0 unspecified atom stereocenters. The van der Waals surface area contributed by atoms with E-state index in [1.807, 2.05) is 23.7 Å². The van der Waals surface area contributed by atoms with E-state index in [1.54, 1.807) is 0 Å². The van der Waals surface area contributed by atoms with Crippen molar-refractivity contribution in [3.63, 3.8) is 0 Å². The minimum atomic E-state index is 1.01. The van der Waals surface area contributed by atoms with Gasteiger partial charge in [0.25, 0.3) is 0 Å². The summed E-state index contributed by atoms with van der Waals surface area (Å²) in [5.74, 6) is 0. The fourth-order valence-corrected chi connectivity index (χ4v) is 3.18. The molecule has 0 amide bonds. The van der Waals surface area contributed by atoms with Gasteiger partial charge in [0.1, 0.15) is 0 Å². The van der Waals surface area contributed by atoms with Crippen molar-refractivity contribution in [1.82, 2.24) is 9.38 Å². The summed E-state index contributed by atoms with van der Waals surface area (Å²) < 4.78 is 2.13. The predicted molar refractivity (Wildman–Crippen MR) is 76.3 cm³/mol. The first-order valence-electron chi connectivity index (χ1n) is 6.33. The van der Waals surface area contributed by atoms with Gasteiger partial charge in [-0.1, -0.05) is 6.92 Å². The monoisotopic (exact) mass is 256 g/mol. The van der Waals surface area contributed by atoms with Gasteiger partial charge < -0.3 is 4.40 Å². The Kier molecular flexibility index (Phi) is 3.15. The first-order chi connectivity index (χ1) is 8.86. The summed E-state index contributed by atoms with van der Waals surface area (Å²) >= 11 is 1.87. The largest absolute Gasteiger partial charge is 0.321 e. The smallest absolute Gasteiger partial charge is 0.0666 e. The molecule has 92 valence electrons. The maximum atomic E-state index is 4.50. The Hall–Kier alpha value is -1.61. The lowest BCUT2D eigenvalue weighted by molar-refractivity contribution is 0.919. The minimum absolute atomic E-state index is 1.01. The molecular weight excluding hydrogens is 240 g/mol. The highest BCUT2D eigenvalue weighted by molar-refractivity contribution is 7.10. The van der Waals surface area contributed by atoms with Crippen LogP contribution in [0.25, 0.3) is 5.52 Å². The van der Waals surface area contributed by atoms with Crippen LogP contribution in [0.3, 0.4) is 0 Å². The van der Waals surface area contributed by atoms with Crippen LogP contribution in [0.4, 0.5) is 0 Å². The molecule has 3 aromatic rings. The average Bonchev–Trinajstić information content (AvgIpc) is 3.05. The van der Waals surface area contributed by atoms with Gasteiger partial charge in [0.15, 0.2) is 0 Å². The molecule has 0 spiro atoms. The van der Waals surface area contributed by atoms with E-state index >= 15 is 0 Å². The second-order valence-electron chi connectivity index (χ2n) is 4.45. The van der Waals surface area contributed by atoms with Gasteiger partial charge >= 0.3 is 0 Å². The van der Waals surface area contributed by atoms with Crippen molar-refractivity contribution in [2.24, 2.45) is 0 Å². The maximum Gasteiger partial charge on any atom is 0.0666 e. The van der Waals surface area contributed by atoms with Gasteiger partial charge in [-0.25, -0.2) is 0 Å². The molecule has 3 heteroatoms. The molecule has 0 aliphatic carbocycles. The minimum Gasteiger partial charge on any atom is -0.321 e. The van der Waals surface area contributed by atoms with E-state index < -0.39 is 0 Å². The highest BCUT2D eigenvalue weighted by atomic mass is 32.1. The van der Waals surface area contributed by atoms with Crippen LogP contribution in [0.1, 0.15) is 23.1 Å². The van der Waals surface area contributed by atoms with Gasteiger partial charge in [0.2, 0.25) is 0 Å². The molecule has 0 saturated heterocycles. The number of fused-ring (bicyclic) bond motifs is 1. The number of thiophene rings is 1. The molecule has 0 aromatic carbocycles. The topological polar surface area (TPSA) is 17.3 Å². The van der Waals surface area contributed by atoms with E-state index in [-0.39, 0.29) is 0 Å². The van der Waals surface area contributed by atoms with Crippen molar-refractivity contribution in [3.8, 4) is 0 Å². The average molecular weight is 256 g/mol. The molecule has 0 fully saturated rings. The summed E-state index contributed by atoms with van der Waals surface area (Å²) in [6.45, 7) is 2.20. The molecule has 2 nitrogen and oxygen atoms in total. The number of aryl methyl sites for hydroxylation is 3. The van der Waals surface area contributed by atoms with Crippen LogP contribution in [-0.4, -0.2) is 9.38 Å². The normalized spacial score (nSPS) is 11.2. The van der Waals surface area contributed by atoms with Crippen LogP contribution in [0.5, 0.6) is 0 Å². The van der Waals surface area contributed by atoms with Crippen molar-refractivity contribution in [3.05, 3.63) is 58.3 Å². The molecule has 0 aliphatic rings. The summed E-state index contributed by atoms with van der Waals surface area (Å²) in [6, 6.07) is 6.53. The van der Waals surface area contributed by atoms with Crippen LogP contribution >= 0.6 is 11.3 Å². The molecule has 0 aliphatic heterocycles. The number of aromatic nitrogens is 2. The quantitative estimate of drug-likeness (QED) is 0.695. The predicted octanol–water partition coefficient (Wildman–Crippen LogP) is 3.74. The first-order valence-corrected chi connectivity index (χ1v) is 7.21. The lowest BCUT2D eigenvalue weighted by Gasteiger charge is -2.02. The Bertz CT molecular complexity index is 651. The van der Waals surface area contributed by atoms with Gasteiger partial charge in [-0.15, -0.1) is 11.3 Å². The maximum absolute atomic E-state index is 4.50. The van der Waals surface area contributed by atoms with E-state index in [0.717, 1.165) is 19.3 Å². The third kappa shape index (κ3) is 2.18. The van der Waals surface area contributed by atoms with Crippen molar-refractivity contribution < 1.29 is 0 Å². The zero-order valence-electron chi connectivity index (χ0n) is 10.5. The Morgan fingerprint density at radius 3 is 3.06 bits per heavy atom. The van der Waals surface area contributed by atoms with E-state index in [1.165, 1.54) is 21.7 Å². The number of hydrogen-bond donors (Lipinski definition) is 0. The Morgan fingerprint density at radius 2 is 2.22 bits per heavy atom.